The molecule has 1 aliphatic heterocycles. The number of imidazole rings is 1. The molecule has 0 amide bonds. The first kappa shape index (κ1) is 12.8. The van der Waals surface area contributed by atoms with Crippen molar-refractivity contribution >= 4 is 26.0 Å². The molecule has 3 rings (SSSR count). The summed E-state index contributed by atoms with van der Waals surface area (Å²) >= 11 is 3.34. The molecule has 0 aromatic carbocycles. The highest BCUT2D eigenvalue weighted by molar-refractivity contribution is 9.10. The van der Waals surface area contributed by atoms with E-state index in [1.54, 1.807) is 10.9 Å². The smallest absolute Gasteiger partial charge is 0.260 e. The van der Waals surface area contributed by atoms with Crippen LogP contribution in [-0.2, 0) is 10.0 Å². The van der Waals surface area contributed by atoms with Crippen molar-refractivity contribution in [1.82, 2.24) is 24.1 Å². The molecule has 0 saturated carbocycles. The van der Waals surface area contributed by atoms with Gasteiger partial charge in [0, 0.05) is 19.3 Å². The van der Waals surface area contributed by atoms with Crippen LogP contribution in [0.3, 0.4) is 0 Å². The molecular weight excluding hydrogens is 334 g/mol. The van der Waals surface area contributed by atoms with Crippen molar-refractivity contribution in [3.8, 4) is 0 Å². The third-order valence-corrected chi connectivity index (χ3v) is 5.36. The van der Waals surface area contributed by atoms with E-state index in [2.05, 4.69) is 31.0 Å². The number of nitrogens with one attached hydrogen (secondary N) is 1. The Hall–Kier alpha value is -1.19. The summed E-state index contributed by atoms with van der Waals surface area (Å²) in [6, 6.07) is 0.0731. The van der Waals surface area contributed by atoms with E-state index in [-0.39, 0.29) is 11.1 Å². The Morgan fingerprint density at radius 2 is 2.26 bits per heavy atom. The van der Waals surface area contributed by atoms with Crippen molar-refractivity contribution in [3.63, 3.8) is 0 Å². The van der Waals surface area contributed by atoms with Crippen LogP contribution >= 0.6 is 15.9 Å². The van der Waals surface area contributed by atoms with Gasteiger partial charge in [0.2, 0.25) is 0 Å². The molecule has 1 saturated heterocycles. The van der Waals surface area contributed by atoms with Gasteiger partial charge in [0.25, 0.3) is 10.0 Å². The van der Waals surface area contributed by atoms with Gasteiger partial charge in [0.05, 0.1) is 29.2 Å². The Labute approximate surface area is 118 Å². The Balaban J connectivity index is 1.79. The summed E-state index contributed by atoms with van der Waals surface area (Å²) in [7, 11) is -3.47. The van der Waals surface area contributed by atoms with Gasteiger partial charge in [0.15, 0.2) is 5.03 Å². The zero-order valence-electron chi connectivity index (χ0n) is 9.90. The average Bonchev–Trinajstić information content (AvgIpc) is 3.10. The second-order valence-corrected chi connectivity index (χ2v) is 7.18. The van der Waals surface area contributed by atoms with Crippen LogP contribution in [-0.4, -0.2) is 45.6 Å². The van der Waals surface area contributed by atoms with Crippen molar-refractivity contribution in [3.05, 3.63) is 29.4 Å². The van der Waals surface area contributed by atoms with Crippen LogP contribution in [0.2, 0.25) is 0 Å². The number of sulfonamides is 1. The van der Waals surface area contributed by atoms with Crippen molar-refractivity contribution in [1.29, 1.82) is 0 Å². The molecule has 1 fully saturated rings. The molecular formula is C10H12BrN5O2S. The van der Waals surface area contributed by atoms with Gasteiger partial charge in [-0.3, -0.25) is 4.68 Å². The summed E-state index contributed by atoms with van der Waals surface area (Å²) < 4.78 is 28.7. The normalized spacial score (nSPS) is 21.0. The Bertz CT molecular complexity index is 666. The monoisotopic (exact) mass is 345 g/mol. The molecule has 1 N–H and O–H groups in total. The molecule has 1 aliphatic rings. The summed E-state index contributed by atoms with van der Waals surface area (Å²) in [5, 5.41) is 4.34. The van der Waals surface area contributed by atoms with Crippen LogP contribution in [0.25, 0.3) is 0 Å². The second-order valence-electron chi connectivity index (χ2n) is 4.36. The highest BCUT2D eigenvalue weighted by Crippen LogP contribution is 2.26. The lowest BCUT2D eigenvalue weighted by atomic mass is 10.3. The van der Waals surface area contributed by atoms with Crippen LogP contribution in [0, 0.1) is 0 Å². The van der Waals surface area contributed by atoms with Crippen LogP contribution in [0.15, 0.2) is 34.4 Å². The first-order chi connectivity index (χ1) is 9.07. The third-order valence-electron chi connectivity index (χ3n) is 3.16. The maximum absolute atomic E-state index is 12.3. The SMILES string of the molecule is O=S(=O)(c1cnc[nH]1)N1CCC(n2cc(Br)cn2)C1. The summed E-state index contributed by atoms with van der Waals surface area (Å²) in [6.45, 7) is 0.916. The zero-order valence-corrected chi connectivity index (χ0v) is 12.3. The fourth-order valence-corrected chi connectivity index (χ4v) is 3.87. The molecule has 1 unspecified atom stereocenters. The van der Waals surface area contributed by atoms with E-state index in [0.717, 1.165) is 10.9 Å². The fourth-order valence-electron chi connectivity index (χ4n) is 2.18. The molecule has 0 spiro atoms. The Morgan fingerprint density at radius 1 is 1.42 bits per heavy atom. The standard InChI is InChI=1S/C10H12BrN5O2S/c11-8-3-14-16(5-8)9-1-2-15(6-9)19(17,18)10-4-12-7-13-10/h3-5,7,9H,1-2,6H2,(H,12,13). The number of aromatic nitrogens is 4. The number of hydrogen-bond acceptors (Lipinski definition) is 4. The number of rotatable bonds is 3. The van der Waals surface area contributed by atoms with Gasteiger partial charge >= 0.3 is 0 Å². The molecule has 19 heavy (non-hydrogen) atoms. The van der Waals surface area contributed by atoms with E-state index in [9.17, 15) is 8.42 Å². The summed E-state index contributed by atoms with van der Waals surface area (Å²) in [5.74, 6) is 0. The van der Waals surface area contributed by atoms with Crippen LogP contribution in [0.1, 0.15) is 12.5 Å². The average molecular weight is 346 g/mol. The van der Waals surface area contributed by atoms with Crippen molar-refractivity contribution in [2.45, 2.75) is 17.5 Å². The fraction of sp³-hybridized carbons (Fsp3) is 0.400. The Morgan fingerprint density at radius 3 is 2.89 bits per heavy atom. The highest BCUT2D eigenvalue weighted by Gasteiger charge is 2.34. The number of aromatic amines is 1. The number of H-pyrrole nitrogens is 1. The molecule has 2 aromatic heterocycles. The molecule has 7 nitrogen and oxygen atoms in total. The minimum atomic E-state index is -3.47. The topological polar surface area (TPSA) is 83.9 Å². The minimum absolute atomic E-state index is 0.0731. The van der Waals surface area contributed by atoms with Gasteiger partial charge in [-0.15, -0.1) is 0 Å². The van der Waals surface area contributed by atoms with Crippen LogP contribution in [0.4, 0.5) is 0 Å². The van der Waals surface area contributed by atoms with E-state index in [1.807, 2.05) is 6.20 Å². The van der Waals surface area contributed by atoms with Crippen molar-refractivity contribution in [2.24, 2.45) is 0 Å². The molecule has 3 heterocycles. The Kier molecular flexibility index (Phi) is 3.19. The lowest BCUT2D eigenvalue weighted by Gasteiger charge is -2.15. The lowest BCUT2D eigenvalue weighted by molar-refractivity contribution is 0.433. The molecule has 9 heteroatoms. The number of halogens is 1. The maximum Gasteiger partial charge on any atom is 0.260 e. The lowest BCUT2D eigenvalue weighted by Crippen LogP contribution is -2.29. The van der Waals surface area contributed by atoms with E-state index >= 15 is 0 Å². The molecule has 1 atom stereocenters. The van der Waals surface area contributed by atoms with Crippen LogP contribution < -0.4 is 0 Å². The first-order valence-electron chi connectivity index (χ1n) is 5.75. The molecule has 0 bridgehead atoms. The highest BCUT2D eigenvalue weighted by atomic mass is 79.9. The molecule has 0 aliphatic carbocycles. The largest absolute Gasteiger partial charge is 0.335 e. The van der Waals surface area contributed by atoms with E-state index < -0.39 is 10.0 Å². The summed E-state index contributed by atoms with van der Waals surface area (Å²) in [5.41, 5.74) is 0. The summed E-state index contributed by atoms with van der Waals surface area (Å²) in [6.07, 6.45) is 7.00. The van der Waals surface area contributed by atoms with Gasteiger partial charge in [-0.05, 0) is 22.4 Å². The van der Waals surface area contributed by atoms with E-state index in [1.165, 1.54) is 16.8 Å². The van der Waals surface area contributed by atoms with Gasteiger partial charge in [-0.25, -0.2) is 13.4 Å². The van der Waals surface area contributed by atoms with Crippen LogP contribution in [0.5, 0.6) is 0 Å². The van der Waals surface area contributed by atoms with E-state index in [0.29, 0.717) is 13.1 Å². The van der Waals surface area contributed by atoms with Crippen molar-refractivity contribution < 1.29 is 8.42 Å². The molecule has 0 radical (unpaired) electrons. The minimum Gasteiger partial charge on any atom is -0.335 e. The number of hydrogen-bond donors (Lipinski definition) is 1. The number of nitrogens with zero attached hydrogens (tertiary/aromatic N) is 4. The quantitative estimate of drug-likeness (QED) is 0.899. The van der Waals surface area contributed by atoms with Crippen molar-refractivity contribution in [2.75, 3.05) is 13.1 Å². The first-order valence-corrected chi connectivity index (χ1v) is 7.99. The second kappa shape index (κ2) is 4.73. The third kappa shape index (κ3) is 2.33. The van der Waals surface area contributed by atoms with Gasteiger partial charge in [0.1, 0.15) is 0 Å². The molecule has 2 aromatic rings. The van der Waals surface area contributed by atoms with Gasteiger partial charge in [-0.2, -0.15) is 9.40 Å². The summed E-state index contributed by atoms with van der Waals surface area (Å²) in [4.78, 5) is 6.40. The van der Waals surface area contributed by atoms with Gasteiger partial charge < -0.3 is 4.98 Å². The molecule has 102 valence electrons. The van der Waals surface area contributed by atoms with E-state index in [4.69, 9.17) is 0 Å². The zero-order chi connectivity index (χ0) is 13.5. The maximum atomic E-state index is 12.3. The predicted octanol–water partition coefficient (Wildman–Crippen LogP) is 1.00. The predicted molar refractivity (Wildman–Crippen MR) is 70.9 cm³/mol. The van der Waals surface area contributed by atoms with Gasteiger partial charge in [-0.1, -0.05) is 0 Å².